The highest BCUT2D eigenvalue weighted by molar-refractivity contribution is 9.10. The maximum atomic E-state index is 12.7. The van der Waals surface area contributed by atoms with E-state index in [0.717, 1.165) is 10.0 Å². The summed E-state index contributed by atoms with van der Waals surface area (Å²) in [5.41, 5.74) is 0.0381. The lowest BCUT2D eigenvalue weighted by molar-refractivity contribution is -0.138. The minimum Gasteiger partial charge on any atom is -0.342 e. The van der Waals surface area contributed by atoms with Gasteiger partial charge in [0, 0.05) is 29.0 Å². The van der Waals surface area contributed by atoms with Crippen molar-refractivity contribution in [1.82, 2.24) is 10.2 Å². The molecule has 1 aliphatic rings. The number of nitrogens with zero attached hydrogens (tertiary/aromatic N) is 1. The second-order valence-electron chi connectivity index (χ2n) is 5.45. The lowest BCUT2D eigenvalue weighted by atomic mass is 9.97. The van der Waals surface area contributed by atoms with Gasteiger partial charge in [0.25, 0.3) is 0 Å². The zero-order valence-electron chi connectivity index (χ0n) is 12.1. The number of carbonyl (C=O) groups is 2. The standard InChI is InChI=1S/C15H18BrClN2O2/c1-3-15(2)14(21)19(7-6-13(20)18-15)9-10-4-5-11(16)8-12(10)17/h4-5,8H,3,6-7,9H2,1-2H3,(H,18,20). The topological polar surface area (TPSA) is 49.4 Å². The highest BCUT2D eigenvalue weighted by Crippen LogP contribution is 2.25. The Labute approximate surface area is 138 Å². The first-order chi connectivity index (χ1) is 9.85. The molecule has 0 aromatic heterocycles. The molecule has 114 valence electrons. The van der Waals surface area contributed by atoms with Gasteiger partial charge < -0.3 is 10.2 Å². The van der Waals surface area contributed by atoms with Crippen molar-refractivity contribution < 1.29 is 9.59 Å². The number of hydrogen-bond donors (Lipinski definition) is 1. The maximum absolute atomic E-state index is 12.7. The van der Waals surface area contributed by atoms with E-state index in [9.17, 15) is 9.59 Å². The maximum Gasteiger partial charge on any atom is 0.248 e. The van der Waals surface area contributed by atoms with Crippen LogP contribution in [-0.2, 0) is 16.1 Å². The normalized spacial score (nSPS) is 23.0. The number of halogens is 2. The van der Waals surface area contributed by atoms with Crippen LogP contribution in [0.15, 0.2) is 22.7 Å². The fraction of sp³-hybridized carbons (Fsp3) is 0.467. The van der Waals surface area contributed by atoms with Crippen molar-refractivity contribution in [3.63, 3.8) is 0 Å². The van der Waals surface area contributed by atoms with Crippen LogP contribution in [0.3, 0.4) is 0 Å². The van der Waals surface area contributed by atoms with E-state index in [1.165, 1.54) is 0 Å². The lowest BCUT2D eigenvalue weighted by Crippen LogP contribution is -2.54. The van der Waals surface area contributed by atoms with Gasteiger partial charge >= 0.3 is 0 Å². The molecule has 6 heteroatoms. The molecule has 0 radical (unpaired) electrons. The van der Waals surface area contributed by atoms with Crippen LogP contribution < -0.4 is 5.32 Å². The fourth-order valence-electron chi connectivity index (χ4n) is 2.36. The Hall–Kier alpha value is -1.07. The summed E-state index contributed by atoms with van der Waals surface area (Å²) in [5, 5.41) is 3.43. The van der Waals surface area contributed by atoms with Gasteiger partial charge in [0.2, 0.25) is 11.8 Å². The molecule has 0 saturated carbocycles. The predicted molar refractivity (Wildman–Crippen MR) is 86.0 cm³/mol. The van der Waals surface area contributed by atoms with Crippen LogP contribution in [0.5, 0.6) is 0 Å². The summed E-state index contributed by atoms with van der Waals surface area (Å²) >= 11 is 9.58. The number of hydrogen-bond acceptors (Lipinski definition) is 2. The van der Waals surface area contributed by atoms with Crippen molar-refractivity contribution >= 4 is 39.3 Å². The Morgan fingerprint density at radius 1 is 1.43 bits per heavy atom. The third-order valence-corrected chi connectivity index (χ3v) is 4.71. The lowest BCUT2D eigenvalue weighted by Gasteiger charge is -2.31. The quantitative estimate of drug-likeness (QED) is 0.885. The van der Waals surface area contributed by atoms with Crippen LogP contribution in [0.25, 0.3) is 0 Å². The van der Waals surface area contributed by atoms with Gasteiger partial charge in [-0.15, -0.1) is 0 Å². The molecule has 0 bridgehead atoms. The highest BCUT2D eigenvalue weighted by Gasteiger charge is 2.39. The fourth-order valence-corrected chi connectivity index (χ4v) is 3.09. The van der Waals surface area contributed by atoms with E-state index in [0.29, 0.717) is 31.0 Å². The van der Waals surface area contributed by atoms with Gasteiger partial charge in [-0.05, 0) is 31.0 Å². The molecular weight excluding hydrogens is 356 g/mol. The molecule has 1 heterocycles. The SMILES string of the molecule is CCC1(C)NC(=O)CCN(Cc2ccc(Br)cc2Cl)C1=O. The van der Waals surface area contributed by atoms with Gasteiger partial charge in [-0.25, -0.2) is 0 Å². The minimum atomic E-state index is -0.838. The molecular formula is C15H18BrClN2O2. The Morgan fingerprint density at radius 3 is 2.76 bits per heavy atom. The number of rotatable bonds is 3. The minimum absolute atomic E-state index is 0.0603. The summed E-state index contributed by atoms with van der Waals surface area (Å²) in [6.07, 6.45) is 0.873. The monoisotopic (exact) mass is 372 g/mol. The van der Waals surface area contributed by atoms with Crippen LogP contribution in [-0.4, -0.2) is 28.8 Å². The average molecular weight is 374 g/mol. The second kappa shape index (κ2) is 6.36. The van der Waals surface area contributed by atoms with Crippen molar-refractivity contribution in [2.24, 2.45) is 0 Å². The van der Waals surface area contributed by atoms with E-state index in [2.05, 4.69) is 21.2 Å². The van der Waals surface area contributed by atoms with Crippen molar-refractivity contribution in [3.05, 3.63) is 33.3 Å². The summed E-state index contributed by atoms with van der Waals surface area (Å²) in [6.45, 7) is 4.49. The summed E-state index contributed by atoms with van der Waals surface area (Å²) in [6, 6.07) is 5.59. The first kappa shape index (κ1) is 16.3. The van der Waals surface area contributed by atoms with E-state index < -0.39 is 5.54 Å². The Balaban J connectivity index is 2.25. The van der Waals surface area contributed by atoms with Crippen molar-refractivity contribution in [1.29, 1.82) is 0 Å². The second-order valence-corrected chi connectivity index (χ2v) is 6.77. The van der Waals surface area contributed by atoms with E-state index >= 15 is 0 Å². The van der Waals surface area contributed by atoms with Crippen LogP contribution in [0, 0.1) is 0 Å². The molecule has 0 aliphatic carbocycles. The molecule has 2 rings (SSSR count). The van der Waals surface area contributed by atoms with Crippen molar-refractivity contribution in [3.8, 4) is 0 Å². The molecule has 4 nitrogen and oxygen atoms in total. The van der Waals surface area contributed by atoms with Gasteiger partial charge in [0.05, 0.1) is 0 Å². The molecule has 1 N–H and O–H groups in total. The summed E-state index contributed by atoms with van der Waals surface area (Å²) in [5.74, 6) is -0.146. The van der Waals surface area contributed by atoms with E-state index in [4.69, 9.17) is 11.6 Å². The Bertz CT molecular complexity index is 579. The molecule has 1 fully saturated rings. The average Bonchev–Trinajstić information content (AvgIpc) is 2.53. The van der Waals surface area contributed by atoms with E-state index in [-0.39, 0.29) is 11.8 Å². The van der Waals surface area contributed by atoms with Gasteiger partial charge in [0.1, 0.15) is 5.54 Å². The van der Waals surface area contributed by atoms with Crippen LogP contribution >= 0.6 is 27.5 Å². The summed E-state index contributed by atoms with van der Waals surface area (Å²) < 4.78 is 0.897. The van der Waals surface area contributed by atoms with E-state index in [1.54, 1.807) is 11.8 Å². The van der Waals surface area contributed by atoms with Crippen LogP contribution in [0.2, 0.25) is 5.02 Å². The Kier molecular flexibility index (Phi) is 4.94. The first-order valence-electron chi connectivity index (χ1n) is 6.90. The number of benzene rings is 1. The predicted octanol–water partition coefficient (Wildman–Crippen LogP) is 3.12. The van der Waals surface area contributed by atoms with Gasteiger partial charge in [0.15, 0.2) is 0 Å². The van der Waals surface area contributed by atoms with Crippen molar-refractivity contribution in [2.75, 3.05) is 6.54 Å². The molecule has 1 aromatic carbocycles. The molecule has 21 heavy (non-hydrogen) atoms. The van der Waals surface area contributed by atoms with Gasteiger partial charge in [-0.2, -0.15) is 0 Å². The third kappa shape index (κ3) is 3.58. The van der Waals surface area contributed by atoms with E-state index in [1.807, 2.05) is 25.1 Å². The first-order valence-corrected chi connectivity index (χ1v) is 8.07. The zero-order valence-corrected chi connectivity index (χ0v) is 14.4. The molecule has 1 atom stereocenters. The van der Waals surface area contributed by atoms with Crippen molar-refractivity contribution in [2.45, 2.75) is 38.8 Å². The molecule has 1 aliphatic heterocycles. The number of nitrogens with one attached hydrogen (secondary N) is 1. The summed E-state index contributed by atoms with van der Waals surface area (Å²) in [7, 11) is 0. The number of amides is 2. The number of carbonyl (C=O) groups excluding carboxylic acids is 2. The van der Waals surface area contributed by atoms with Crippen LogP contribution in [0.4, 0.5) is 0 Å². The zero-order chi connectivity index (χ0) is 15.6. The van der Waals surface area contributed by atoms with Gasteiger partial charge in [-0.3, -0.25) is 9.59 Å². The summed E-state index contributed by atoms with van der Waals surface area (Å²) in [4.78, 5) is 26.2. The van der Waals surface area contributed by atoms with Gasteiger partial charge in [-0.1, -0.05) is 40.5 Å². The molecule has 1 unspecified atom stereocenters. The van der Waals surface area contributed by atoms with Crippen LogP contribution in [0.1, 0.15) is 32.3 Å². The Morgan fingerprint density at radius 2 is 2.14 bits per heavy atom. The smallest absolute Gasteiger partial charge is 0.248 e. The molecule has 2 amide bonds. The largest absolute Gasteiger partial charge is 0.342 e. The molecule has 1 saturated heterocycles. The highest BCUT2D eigenvalue weighted by atomic mass is 79.9. The third-order valence-electron chi connectivity index (χ3n) is 3.87. The molecule has 1 aromatic rings. The molecule has 0 spiro atoms.